The molecule has 1 heterocycles. The van der Waals surface area contributed by atoms with Crippen LogP contribution in [0.1, 0.15) is 6.42 Å². The number of hydrogen-bond donors (Lipinski definition) is 0. The third-order valence-electron chi connectivity index (χ3n) is 3.10. The summed E-state index contributed by atoms with van der Waals surface area (Å²) < 4.78 is 6.17. The summed E-state index contributed by atoms with van der Waals surface area (Å²) in [5, 5.41) is 11.0. The van der Waals surface area contributed by atoms with E-state index >= 15 is 0 Å². The largest absolute Gasteiger partial charge is 0.381 e. The van der Waals surface area contributed by atoms with Gasteiger partial charge in [0.05, 0.1) is 11.5 Å². The first-order valence-corrected chi connectivity index (χ1v) is 6.60. The highest BCUT2D eigenvalue weighted by Gasteiger charge is 2.22. The minimum Gasteiger partial charge on any atom is -0.381 e. The molecule has 1 aliphatic heterocycles. The first-order chi connectivity index (χ1) is 8.58. The molecule has 0 bridgehead atoms. The Morgan fingerprint density at radius 1 is 1.61 bits per heavy atom. The lowest BCUT2D eigenvalue weighted by Crippen LogP contribution is -2.26. The number of anilines is 1. The Bertz CT molecular complexity index is 447. The monoisotopic (exact) mass is 314 g/mol. The van der Waals surface area contributed by atoms with E-state index in [0.29, 0.717) is 11.6 Å². The number of ether oxygens (including phenoxy) is 1. The number of benzene rings is 1. The average Bonchev–Trinajstić information content (AvgIpc) is 2.81. The molecule has 0 saturated carbocycles. The smallest absolute Gasteiger partial charge is 0.292 e. The van der Waals surface area contributed by atoms with E-state index in [1.54, 1.807) is 12.1 Å². The van der Waals surface area contributed by atoms with Crippen molar-refractivity contribution in [1.29, 1.82) is 0 Å². The van der Waals surface area contributed by atoms with Crippen LogP contribution in [0, 0.1) is 16.0 Å². The van der Waals surface area contributed by atoms with Crippen molar-refractivity contribution in [2.24, 2.45) is 5.92 Å². The van der Waals surface area contributed by atoms with Crippen LogP contribution in [0.2, 0.25) is 0 Å². The van der Waals surface area contributed by atoms with Gasteiger partial charge in [-0.05, 0) is 18.6 Å². The van der Waals surface area contributed by atoms with Crippen LogP contribution in [-0.4, -0.2) is 31.7 Å². The molecule has 1 unspecified atom stereocenters. The fourth-order valence-corrected chi connectivity index (χ4v) is 2.52. The molecule has 98 valence electrons. The summed E-state index contributed by atoms with van der Waals surface area (Å²) in [6, 6.07) is 5.00. The fourth-order valence-electron chi connectivity index (χ4n) is 2.17. The van der Waals surface area contributed by atoms with Gasteiger partial charge in [-0.3, -0.25) is 10.1 Å². The second kappa shape index (κ2) is 5.67. The van der Waals surface area contributed by atoms with Gasteiger partial charge in [-0.2, -0.15) is 0 Å². The first kappa shape index (κ1) is 13.3. The Hall–Kier alpha value is -1.14. The van der Waals surface area contributed by atoms with Crippen LogP contribution >= 0.6 is 15.9 Å². The fraction of sp³-hybridized carbons (Fsp3) is 0.500. The number of rotatable bonds is 4. The quantitative estimate of drug-likeness (QED) is 0.633. The van der Waals surface area contributed by atoms with Gasteiger partial charge in [-0.15, -0.1) is 0 Å². The lowest BCUT2D eigenvalue weighted by molar-refractivity contribution is -0.384. The van der Waals surface area contributed by atoms with Gasteiger partial charge in [-0.1, -0.05) is 15.9 Å². The summed E-state index contributed by atoms with van der Waals surface area (Å²) in [7, 11) is 1.88. The van der Waals surface area contributed by atoms with Crippen molar-refractivity contribution in [3.63, 3.8) is 0 Å². The highest BCUT2D eigenvalue weighted by molar-refractivity contribution is 9.10. The molecule has 1 saturated heterocycles. The van der Waals surface area contributed by atoms with Crippen molar-refractivity contribution in [1.82, 2.24) is 0 Å². The van der Waals surface area contributed by atoms with Crippen molar-refractivity contribution >= 4 is 27.3 Å². The van der Waals surface area contributed by atoms with E-state index in [4.69, 9.17) is 4.74 Å². The molecule has 1 fully saturated rings. The van der Waals surface area contributed by atoms with E-state index in [1.165, 1.54) is 6.07 Å². The van der Waals surface area contributed by atoms with E-state index < -0.39 is 0 Å². The van der Waals surface area contributed by atoms with Crippen molar-refractivity contribution in [3.05, 3.63) is 32.8 Å². The lowest BCUT2D eigenvalue weighted by Gasteiger charge is -2.22. The maximum Gasteiger partial charge on any atom is 0.292 e. The Kier molecular flexibility index (Phi) is 4.19. The maximum absolute atomic E-state index is 11.0. The Morgan fingerprint density at radius 2 is 2.39 bits per heavy atom. The van der Waals surface area contributed by atoms with Crippen LogP contribution in [0.4, 0.5) is 11.4 Å². The SMILES string of the molecule is CN(CC1CCOC1)c1cc(Br)ccc1[N+](=O)[O-]. The molecular weight excluding hydrogens is 300 g/mol. The molecule has 0 spiro atoms. The second-order valence-electron chi connectivity index (χ2n) is 4.50. The molecule has 2 rings (SSSR count). The third kappa shape index (κ3) is 3.00. The number of hydrogen-bond acceptors (Lipinski definition) is 4. The standard InChI is InChI=1S/C12H15BrN2O3/c1-14(7-9-4-5-18-8-9)12-6-10(13)2-3-11(12)15(16)17/h2-3,6,9H,4-5,7-8H2,1H3. The van der Waals surface area contributed by atoms with E-state index in [9.17, 15) is 10.1 Å². The molecule has 0 aliphatic carbocycles. The molecule has 0 aromatic heterocycles. The molecule has 0 radical (unpaired) electrons. The zero-order chi connectivity index (χ0) is 13.1. The zero-order valence-electron chi connectivity index (χ0n) is 10.1. The molecule has 1 aromatic rings. The zero-order valence-corrected chi connectivity index (χ0v) is 11.7. The van der Waals surface area contributed by atoms with Gasteiger partial charge in [0.2, 0.25) is 0 Å². The molecule has 18 heavy (non-hydrogen) atoms. The summed E-state index contributed by atoms with van der Waals surface area (Å²) in [6.45, 7) is 2.31. The number of halogens is 1. The summed E-state index contributed by atoms with van der Waals surface area (Å²) in [6.07, 6.45) is 1.02. The lowest BCUT2D eigenvalue weighted by atomic mass is 10.1. The van der Waals surface area contributed by atoms with Crippen LogP contribution in [0.25, 0.3) is 0 Å². The molecule has 5 nitrogen and oxygen atoms in total. The Morgan fingerprint density at radius 3 is 3.00 bits per heavy atom. The van der Waals surface area contributed by atoms with E-state index in [1.807, 2.05) is 11.9 Å². The normalized spacial score (nSPS) is 18.9. The Balaban J connectivity index is 2.19. The van der Waals surface area contributed by atoms with Crippen LogP contribution in [-0.2, 0) is 4.74 Å². The molecule has 6 heteroatoms. The van der Waals surface area contributed by atoms with Crippen molar-refractivity contribution < 1.29 is 9.66 Å². The molecule has 1 aliphatic rings. The maximum atomic E-state index is 11.0. The van der Waals surface area contributed by atoms with Gasteiger partial charge in [0.1, 0.15) is 5.69 Å². The van der Waals surface area contributed by atoms with E-state index in [0.717, 1.165) is 30.7 Å². The first-order valence-electron chi connectivity index (χ1n) is 5.80. The van der Waals surface area contributed by atoms with Crippen molar-refractivity contribution in [2.45, 2.75) is 6.42 Å². The van der Waals surface area contributed by atoms with Gasteiger partial charge in [0, 0.05) is 36.7 Å². The van der Waals surface area contributed by atoms with Crippen LogP contribution in [0.15, 0.2) is 22.7 Å². The summed E-state index contributed by atoms with van der Waals surface area (Å²) in [4.78, 5) is 12.6. The van der Waals surface area contributed by atoms with Crippen molar-refractivity contribution in [3.8, 4) is 0 Å². The predicted molar refractivity (Wildman–Crippen MR) is 73.0 cm³/mol. The topological polar surface area (TPSA) is 55.6 Å². The van der Waals surface area contributed by atoms with Crippen molar-refractivity contribution in [2.75, 3.05) is 31.7 Å². The predicted octanol–water partition coefficient (Wildman–Crippen LogP) is 2.83. The Labute approximate surface area is 114 Å². The molecule has 1 aromatic carbocycles. The van der Waals surface area contributed by atoms with E-state index in [2.05, 4.69) is 15.9 Å². The molecule has 1 atom stereocenters. The van der Waals surface area contributed by atoms with Gasteiger partial charge < -0.3 is 9.64 Å². The second-order valence-corrected chi connectivity index (χ2v) is 5.42. The van der Waals surface area contributed by atoms with Gasteiger partial charge in [-0.25, -0.2) is 0 Å². The third-order valence-corrected chi connectivity index (χ3v) is 3.59. The minimum absolute atomic E-state index is 0.139. The number of nitro benzene ring substituents is 1. The number of nitrogens with zero attached hydrogens (tertiary/aromatic N) is 2. The summed E-state index contributed by atoms with van der Waals surface area (Å²) in [5.41, 5.74) is 0.779. The number of nitro groups is 1. The van der Waals surface area contributed by atoms with Crippen LogP contribution in [0.3, 0.4) is 0 Å². The summed E-state index contributed by atoms with van der Waals surface area (Å²) >= 11 is 3.35. The van der Waals surface area contributed by atoms with Gasteiger partial charge in [0.15, 0.2) is 0 Å². The highest BCUT2D eigenvalue weighted by Crippen LogP contribution is 2.31. The molecule has 0 N–H and O–H groups in total. The average molecular weight is 315 g/mol. The van der Waals surface area contributed by atoms with Crippen LogP contribution in [0.5, 0.6) is 0 Å². The summed E-state index contributed by atoms with van der Waals surface area (Å²) in [5.74, 6) is 0.452. The van der Waals surface area contributed by atoms with E-state index in [-0.39, 0.29) is 10.6 Å². The molecule has 0 amide bonds. The van der Waals surface area contributed by atoms with Gasteiger partial charge in [0.25, 0.3) is 5.69 Å². The highest BCUT2D eigenvalue weighted by atomic mass is 79.9. The molecular formula is C12H15BrN2O3. The minimum atomic E-state index is -0.344. The van der Waals surface area contributed by atoms with Crippen LogP contribution < -0.4 is 4.90 Å². The van der Waals surface area contributed by atoms with Gasteiger partial charge >= 0.3 is 0 Å².